The monoisotopic (exact) mass is 396 g/mol. The van der Waals surface area contributed by atoms with Gasteiger partial charge in [-0.3, -0.25) is 0 Å². The highest BCUT2D eigenvalue weighted by Gasteiger charge is 2.29. The molecular weight excluding hydrogens is 380 g/mol. The van der Waals surface area contributed by atoms with Crippen molar-refractivity contribution >= 4 is 37.6 Å². The van der Waals surface area contributed by atoms with Crippen molar-refractivity contribution in [1.82, 2.24) is 4.72 Å². The molecule has 8 heteroatoms. The lowest BCUT2D eigenvalue weighted by molar-refractivity contribution is 0.359. The van der Waals surface area contributed by atoms with Gasteiger partial charge in [0.2, 0.25) is 10.0 Å². The first-order valence-electron chi connectivity index (χ1n) is 6.66. The highest BCUT2D eigenvalue weighted by Crippen LogP contribution is 2.35. The lowest BCUT2D eigenvalue weighted by Crippen LogP contribution is -2.49. The minimum Gasteiger partial charge on any atom is -0.494 e. The van der Waals surface area contributed by atoms with Gasteiger partial charge in [0.1, 0.15) is 4.90 Å². The van der Waals surface area contributed by atoms with Gasteiger partial charge < -0.3 is 10.5 Å². The fraction of sp³-hybridized carbons (Fsp3) is 0.538. The van der Waals surface area contributed by atoms with Crippen LogP contribution in [0.3, 0.4) is 0 Å². The Morgan fingerprint density at radius 3 is 2.67 bits per heavy atom. The van der Waals surface area contributed by atoms with E-state index in [1.807, 2.05) is 0 Å². The van der Waals surface area contributed by atoms with Gasteiger partial charge in [-0.25, -0.2) is 13.1 Å². The molecule has 1 aromatic carbocycles. The number of benzene rings is 1. The number of rotatable bonds is 4. The lowest BCUT2D eigenvalue weighted by atomic mass is 9.92. The van der Waals surface area contributed by atoms with Crippen LogP contribution in [0.25, 0.3) is 0 Å². The number of halogens is 2. The maximum Gasteiger partial charge on any atom is 0.244 e. The van der Waals surface area contributed by atoms with Gasteiger partial charge in [-0.2, -0.15) is 0 Å². The second-order valence-electron chi connectivity index (χ2n) is 5.10. The molecule has 0 spiro atoms. The molecule has 0 radical (unpaired) electrons. The molecule has 0 aromatic heterocycles. The summed E-state index contributed by atoms with van der Waals surface area (Å²) in [5, 5.41) is 0.316. The molecule has 5 nitrogen and oxygen atoms in total. The van der Waals surface area contributed by atoms with Crippen molar-refractivity contribution in [3.8, 4) is 5.75 Å². The Morgan fingerprint density at radius 2 is 2.05 bits per heavy atom. The van der Waals surface area contributed by atoms with Crippen molar-refractivity contribution < 1.29 is 13.2 Å². The summed E-state index contributed by atoms with van der Waals surface area (Å²) >= 11 is 9.22. The number of hydrogen-bond donors (Lipinski definition) is 2. The number of nitrogens with two attached hydrogens (primary N) is 1. The van der Waals surface area contributed by atoms with Gasteiger partial charge in [-0.1, -0.05) is 24.4 Å². The maximum absolute atomic E-state index is 12.6. The van der Waals surface area contributed by atoms with Crippen molar-refractivity contribution in [2.45, 2.75) is 42.7 Å². The van der Waals surface area contributed by atoms with Crippen LogP contribution in [0.5, 0.6) is 5.75 Å². The summed E-state index contributed by atoms with van der Waals surface area (Å²) in [6, 6.07) is 2.54. The fourth-order valence-electron chi connectivity index (χ4n) is 2.50. The van der Waals surface area contributed by atoms with Gasteiger partial charge in [0.05, 0.1) is 11.6 Å². The van der Waals surface area contributed by atoms with Crippen LogP contribution < -0.4 is 15.2 Å². The smallest absolute Gasteiger partial charge is 0.244 e. The van der Waals surface area contributed by atoms with E-state index in [1.165, 1.54) is 13.2 Å². The Kier molecular flexibility index (Phi) is 5.54. The van der Waals surface area contributed by atoms with Crippen molar-refractivity contribution in [2.24, 2.45) is 5.73 Å². The summed E-state index contributed by atoms with van der Waals surface area (Å²) in [5.41, 5.74) is 6.00. The third-order valence-corrected chi connectivity index (χ3v) is 5.90. The molecule has 21 heavy (non-hydrogen) atoms. The summed E-state index contributed by atoms with van der Waals surface area (Å²) in [7, 11) is -2.33. The highest BCUT2D eigenvalue weighted by atomic mass is 79.9. The second-order valence-corrected chi connectivity index (χ2v) is 8.07. The van der Waals surface area contributed by atoms with Gasteiger partial charge in [0, 0.05) is 17.1 Å². The molecule has 0 unspecified atom stereocenters. The van der Waals surface area contributed by atoms with Crippen LogP contribution in [0.15, 0.2) is 21.5 Å². The summed E-state index contributed by atoms with van der Waals surface area (Å²) in [6.45, 7) is 0. The third-order valence-electron chi connectivity index (χ3n) is 3.59. The Morgan fingerprint density at radius 1 is 1.38 bits per heavy atom. The fourth-order valence-corrected chi connectivity index (χ4v) is 5.21. The van der Waals surface area contributed by atoms with E-state index < -0.39 is 10.0 Å². The van der Waals surface area contributed by atoms with Crippen molar-refractivity contribution in [1.29, 1.82) is 0 Å². The van der Waals surface area contributed by atoms with E-state index in [9.17, 15) is 8.42 Å². The van der Waals surface area contributed by atoms with Crippen molar-refractivity contribution in [3.63, 3.8) is 0 Å². The van der Waals surface area contributed by atoms with E-state index in [2.05, 4.69) is 20.7 Å². The zero-order valence-corrected chi connectivity index (χ0v) is 14.8. The van der Waals surface area contributed by atoms with Crippen molar-refractivity contribution in [2.75, 3.05) is 7.11 Å². The standard InChI is InChI=1S/C13H18BrClN2O3S/c1-20-13-9(14)6-8(15)7-12(13)21(18,19)17-11-5-3-2-4-10(11)16/h6-7,10-11,17H,2-5,16H2,1H3/t10-,11-/m1/s1. The quantitative estimate of drug-likeness (QED) is 0.818. The van der Waals surface area contributed by atoms with Crippen LogP contribution in [0.1, 0.15) is 25.7 Å². The molecule has 0 bridgehead atoms. The van der Waals surface area contributed by atoms with Gasteiger partial charge in [0.15, 0.2) is 5.75 Å². The van der Waals surface area contributed by atoms with Crippen LogP contribution in [0, 0.1) is 0 Å². The van der Waals surface area contributed by atoms with Crippen LogP contribution in [-0.2, 0) is 10.0 Å². The van der Waals surface area contributed by atoms with Crippen LogP contribution in [-0.4, -0.2) is 27.6 Å². The predicted molar refractivity (Wildman–Crippen MR) is 86.3 cm³/mol. The molecule has 1 aliphatic rings. The van der Waals surface area contributed by atoms with E-state index in [-0.39, 0.29) is 22.7 Å². The largest absolute Gasteiger partial charge is 0.494 e. The molecule has 118 valence electrons. The van der Waals surface area contributed by atoms with Gasteiger partial charge in [-0.15, -0.1) is 0 Å². The van der Waals surface area contributed by atoms with E-state index >= 15 is 0 Å². The molecule has 1 saturated carbocycles. The number of nitrogens with one attached hydrogen (secondary N) is 1. The van der Waals surface area contributed by atoms with Crippen LogP contribution in [0.4, 0.5) is 0 Å². The molecule has 0 aliphatic heterocycles. The normalized spacial score (nSPS) is 23.0. The summed E-state index contributed by atoms with van der Waals surface area (Å²) in [4.78, 5) is 0.0159. The minimum atomic E-state index is -3.75. The molecule has 0 saturated heterocycles. The first-order chi connectivity index (χ1) is 9.85. The first-order valence-corrected chi connectivity index (χ1v) is 9.31. The molecule has 0 heterocycles. The van der Waals surface area contributed by atoms with E-state index in [4.69, 9.17) is 22.1 Å². The maximum atomic E-state index is 12.6. The number of methoxy groups -OCH3 is 1. The van der Waals surface area contributed by atoms with Crippen LogP contribution >= 0.6 is 27.5 Å². The Bertz CT molecular complexity index is 624. The highest BCUT2D eigenvalue weighted by molar-refractivity contribution is 9.10. The summed E-state index contributed by atoms with van der Waals surface area (Å²) in [5.74, 6) is 0.233. The molecule has 0 amide bonds. The van der Waals surface area contributed by atoms with Crippen LogP contribution in [0.2, 0.25) is 5.02 Å². The number of hydrogen-bond acceptors (Lipinski definition) is 4. The average molecular weight is 398 g/mol. The first kappa shape index (κ1) is 17.0. The van der Waals surface area contributed by atoms with Gasteiger partial charge >= 0.3 is 0 Å². The van der Waals surface area contributed by atoms with E-state index in [0.717, 1.165) is 25.7 Å². The predicted octanol–water partition coefficient (Wildman–Crippen LogP) is 2.66. The number of sulfonamides is 1. The molecule has 1 aromatic rings. The molecule has 1 fully saturated rings. The zero-order valence-electron chi connectivity index (χ0n) is 11.6. The Balaban J connectivity index is 2.35. The van der Waals surface area contributed by atoms with Gasteiger partial charge in [0.25, 0.3) is 0 Å². The van der Waals surface area contributed by atoms with Gasteiger partial charge in [-0.05, 0) is 40.9 Å². The Hall–Kier alpha value is -0.340. The summed E-state index contributed by atoms with van der Waals surface area (Å²) in [6.07, 6.45) is 3.57. The van der Waals surface area contributed by atoms with E-state index in [1.54, 1.807) is 6.07 Å². The molecule has 3 N–H and O–H groups in total. The molecule has 2 rings (SSSR count). The zero-order chi connectivity index (χ0) is 15.6. The molecule has 1 aliphatic carbocycles. The van der Waals surface area contributed by atoms with Crippen molar-refractivity contribution in [3.05, 3.63) is 21.6 Å². The topological polar surface area (TPSA) is 81.4 Å². The second kappa shape index (κ2) is 6.83. The SMILES string of the molecule is COc1c(Br)cc(Cl)cc1S(=O)(=O)N[C@@H]1CCCC[C@H]1N. The van der Waals surface area contributed by atoms with E-state index in [0.29, 0.717) is 9.50 Å². The third kappa shape index (κ3) is 3.90. The summed E-state index contributed by atoms with van der Waals surface area (Å²) < 4.78 is 33.6. The number of ether oxygens (including phenoxy) is 1. The Labute approximate surface area is 138 Å². The molecule has 2 atom stereocenters. The minimum absolute atomic E-state index is 0.0159. The lowest BCUT2D eigenvalue weighted by Gasteiger charge is -2.29. The molecular formula is C13H18BrClN2O3S. The average Bonchev–Trinajstić information content (AvgIpc) is 2.40.